The zero-order valence-corrected chi connectivity index (χ0v) is 15.0. The maximum Gasteiger partial charge on any atom is 0.119 e. The first-order valence-corrected chi connectivity index (χ1v) is 9.61. The molecule has 4 nitrogen and oxygen atoms in total. The van der Waals surface area contributed by atoms with Crippen molar-refractivity contribution >= 4 is 0 Å². The van der Waals surface area contributed by atoms with Crippen LogP contribution in [0.5, 0.6) is 5.75 Å². The molecule has 1 unspecified atom stereocenters. The molecule has 1 saturated heterocycles. The summed E-state index contributed by atoms with van der Waals surface area (Å²) in [6, 6.07) is 9.76. The van der Waals surface area contributed by atoms with E-state index >= 15 is 0 Å². The molecule has 1 saturated carbocycles. The minimum atomic E-state index is 0.296. The molecule has 1 heterocycles. The molecule has 0 radical (unpaired) electrons. The molecule has 0 amide bonds. The molecular formula is C20H32N2O2. The van der Waals surface area contributed by atoms with Crippen molar-refractivity contribution in [2.75, 3.05) is 32.8 Å². The number of aliphatic hydroxyl groups excluding tert-OH is 1. The molecule has 3 rings (SSSR count). The number of benzene rings is 1. The van der Waals surface area contributed by atoms with Crippen molar-refractivity contribution in [3.63, 3.8) is 0 Å². The van der Waals surface area contributed by atoms with Gasteiger partial charge in [-0.05, 0) is 43.9 Å². The van der Waals surface area contributed by atoms with E-state index in [4.69, 9.17) is 4.74 Å². The van der Waals surface area contributed by atoms with Crippen LogP contribution in [0.4, 0.5) is 0 Å². The Morgan fingerprint density at radius 2 is 1.88 bits per heavy atom. The molecule has 1 aromatic rings. The third kappa shape index (κ3) is 4.50. The van der Waals surface area contributed by atoms with Crippen LogP contribution in [-0.4, -0.2) is 59.8 Å². The van der Waals surface area contributed by atoms with Gasteiger partial charge in [-0.15, -0.1) is 0 Å². The molecule has 4 heteroatoms. The van der Waals surface area contributed by atoms with E-state index in [1.165, 1.54) is 31.2 Å². The largest absolute Gasteiger partial charge is 0.494 e. The highest BCUT2D eigenvalue weighted by Gasteiger charge is 2.32. The molecule has 1 aliphatic carbocycles. The highest BCUT2D eigenvalue weighted by atomic mass is 16.5. The van der Waals surface area contributed by atoms with Crippen LogP contribution in [0.3, 0.4) is 0 Å². The van der Waals surface area contributed by atoms with Crippen LogP contribution in [0.2, 0.25) is 0 Å². The summed E-state index contributed by atoms with van der Waals surface area (Å²) in [5.41, 5.74) is 1.34. The fraction of sp³-hybridized carbons (Fsp3) is 0.700. The predicted octanol–water partition coefficient (Wildman–Crippen LogP) is 2.90. The molecule has 0 spiro atoms. The lowest BCUT2D eigenvalue weighted by Crippen LogP contribution is -2.55. The van der Waals surface area contributed by atoms with Crippen LogP contribution in [-0.2, 0) is 6.54 Å². The van der Waals surface area contributed by atoms with E-state index < -0.39 is 0 Å². The summed E-state index contributed by atoms with van der Waals surface area (Å²) in [5.74, 6) is 0.949. The van der Waals surface area contributed by atoms with Crippen LogP contribution in [0, 0.1) is 0 Å². The van der Waals surface area contributed by atoms with Gasteiger partial charge in [0.05, 0.1) is 6.61 Å². The molecule has 1 atom stereocenters. The summed E-state index contributed by atoms with van der Waals surface area (Å²) in [7, 11) is 0. The standard InChI is InChI=1S/C20H32N2O2/c1-2-24-20-9-7-17(8-10-20)15-21-12-13-22(18-5-3-4-6-18)19(16-21)11-14-23/h7-10,18-19,23H,2-6,11-16H2,1H3. The molecule has 2 fully saturated rings. The van der Waals surface area contributed by atoms with Gasteiger partial charge in [0.2, 0.25) is 0 Å². The zero-order chi connectivity index (χ0) is 16.8. The molecule has 0 bridgehead atoms. The Bertz CT molecular complexity index is 485. The molecule has 1 N–H and O–H groups in total. The van der Waals surface area contributed by atoms with E-state index in [1.807, 2.05) is 6.92 Å². The Labute approximate surface area is 146 Å². The van der Waals surface area contributed by atoms with E-state index in [9.17, 15) is 5.11 Å². The number of nitrogens with zero attached hydrogens (tertiary/aromatic N) is 2. The second kappa shape index (κ2) is 8.84. The number of hydrogen-bond acceptors (Lipinski definition) is 4. The first kappa shape index (κ1) is 17.7. The van der Waals surface area contributed by atoms with Gasteiger partial charge in [0.1, 0.15) is 5.75 Å². The molecule has 0 aromatic heterocycles. The second-order valence-electron chi connectivity index (χ2n) is 7.15. The summed E-state index contributed by atoms with van der Waals surface area (Å²) in [6.45, 7) is 7.37. The molecule has 2 aliphatic rings. The molecular weight excluding hydrogens is 300 g/mol. The van der Waals surface area contributed by atoms with Crippen molar-refractivity contribution in [3.05, 3.63) is 29.8 Å². The van der Waals surface area contributed by atoms with E-state index in [0.717, 1.165) is 44.4 Å². The molecule has 1 aliphatic heterocycles. The lowest BCUT2D eigenvalue weighted by Gasteiger charge is -2.44. The second-order valence-corrected chi connectivity index (χ2v) is 7.15. The maximum atomic E-state index is 9.48. The minimum Gasteiger partial charge on any atom is -0.494 e. The predicted molar refractivity (Wildman–Crippen MR) is 97.3 cm³/mol. The van der Waals surface area contributed by atoms with Crippen molar-refractivity contribution in [2.45, 2.75) is 57.7 Å². The van der Waals surface area contributed by atoms with Crippen molar-refractivity contribution < 1.29 is 9.84 Å². The van der Waals surface area contributed by atoms with E-state index in [0.29, 0.717) is 19.3 Å². The van der Waals surface area contributed by atoms with Gasteiger partial charge in [-0.25, -0.2) is 0 Å². The quantitative estimate of drug-likeness (QED) is 0.833. The Hall–Kier alpha value is -1.10. The van der Waals surface area contributed by atoms with Crippen LogP contribution < -0.4 is 4.74 Å². The monoisotopic (exact) mass is 332 g/mol. The third-order valence-corrected chi connectivity index (χ3v) is 5.51. The van der Waals surface area contributed by atoms with Crippen LogP contribution in [0.25, 0.3) is 0 Å². The van der Waals surface area contributed by atoms with Gasteiger partial charge in [-0.2, -0.15) is 0 Å². The van der Waals surface area contributed by atoms with Gasteiger partial charge in [-0.3, -0.25) is 9.80 Å². The first-order valence-electron chi connectivity index (χ1n) is 9.61. The highest BCUT2D eigenvalue weighted by Crippen LogP contribution is 2.28. The summed E-state index contributed by atoms with van der Waals surface area (Å²) >= 11 is 0. The zero-order valence-electron chi connectivity index (χ0n) is 15.0. The highest BCUT2D eigenvalue weighted by molar-refractivity contribution is 5.27. The van der Waals surface area contributed by atoms with Gasteiger partial charge < -0.3 is 9.84 Å². The van der Waals surface area contributed by atoms with E-state index in [2.05, 4.69) is 34.1 Å². The van der Waals surface area contributed by atoms with E-state index in [1.54, 1.807) is 0 Å². The van der Waals surface area contributed by atoms with Crippen molar-refractivity contribution in [1.29, 1.82) is 0 Å². The Balaban J connectivity index is 1.57. The van der Waals surface area contributed by atoms with Crippen molar-refractivity contribution in [3.8, 4) is 5.75 Å². The average molecular weight is 332 g/mol. The van der Waals surface area contributed by atoms with E-state index in [-0.39, 0.29) is 0 Å². The Morgan fingerprint density at radius 1 is 1.12 bits per heavy atom. The molecule has 134 valence electrons. The van der Waals surface area contributed by atoms with Gasteiger partial charge >= 0.3 is 0 Å². The van der Waals surface area contributed by atoms with Gasteiger partial charge in [0.15, 0.2) is 0 Å². The number of rotatable bonds is 7. The molecule has 1 aromatic carbocycles. The summed E-state index contributed by atoms with van der Waals surface area (Å²) in [6.07, 6.45) is 6.35. The minimum absolute atomic E-state index is 0.296. The van der Waals surface area contributed by atoms with Crippen LogP contribution >= 0.6 is 0 Å². The van der Waals surface area contributed by atoms with Crippen molar-refractivity contribution in [2.24, 2.45) is 0 Å². The average Bonchev–Trinajstić information content (AvgIpc) is 3.12. The number of hydrogen-bond donors (Lipinski definition) is 1. The van der Waals surface area contributed by atoms with Gasteiger partial charge in [0, 0.05) is 44.9 Å². The lowest BCUT2D eigenvalue weighted by molar-refractivity contribution is 0.0267. The first-order chi connectivity index (χ1) is 11.8. The Morgan fingerprint density at radius 3 is 2.54 bits per heavy atom. The Kier molecular flexibility index (Phi) is 6.52. The van der Waals surface area contributed by atoms with Crippen molar-refractivity contribution in [1.82, 2.24) is 9.80 Å². The van der Waals surface area contributed by atoms with Crippen LogP contribution in [0.15, 0.2) is 24.3 Å². The topological polar surface area (TPSA) is 35.9 Å². The summed E-state index contributed by atoms with van der Waals surface area (Å²) < 4.78 is 5.52. The smallest absolute Gasteiger partial charge is 0.119 e. The normalized spacial score (nSPS) is 23.7. The number of aliphatic hydroxyl groups is 1. The van der Waals surface area contributed by atoms with Gasteiger partial charge in [-0.1, -0.05) is 25.0 Å². The maximum absolute atomic E-state index is 9.48. The third-order valence-electron chi connectivity index (χ3n) is 5.51. The fourth-order valence-electron chi connectivity index (χ4n) is 4.32. The fourth-order valence-corrected chi connectivity index (χ4v) is 4.32. The number of ether oxygens (including phenoxy) is 1. The van der Waals surface area contributed by atoms with Crippen LogP contribution in [0.1, 0.15) is 44.6 Å². The van der Waals surface area contributed by atoms with Gasteiger partial charge in [0.25, 0.3) is 0 Å². The summed E-state index contributed by atoms with van der Waals surface area (Å²) in [4.78, 5) is 5.24. The summed E-state index contributed by atoms with van der Waals surface area (Å²) in [5, 5.41) is 9.48. The lowest BCUT2D eigenvalue weighted by atomic mass is 10.0. The number of piperazine rings is 1. The SMILES string of the molecule is CCOc1ccc(CN2CCN(C3CCCC3)C(CCO)C2)cc1. The molecule has 24 heavy (non-hydrogen) atoms.